The van der Waals surface area contributed by atoms with Crippen molar-refractivity contribution in [3.05, 3.63) is 52.9 Å². The molecule has 2 heterocycles. The molecule has 0 bridgehead atoms. The molecule has 0 unspecified atom stereocenters. The van der Waals surface area contributed by atoms with Crippen LogP contribution < -0.4 is 14.2 Å². The van der Waals surface area contributed by atoms with E-state index in [0.717, 1.165) is 24.2 Å². The molecule has 1 aliphatic rings. The molecule has 1 aliphatic heterocycles. The highest BCUT2D eigenvalue weighted by Crippen LogP contribution is 2.38. The Bertz CT molecular complexity index is 857. The van der Waals surface area contributed by atoms with Crippen LogP contribution in [-0.4, -0.2) is 50.2 Å². The first-order valence-corrected chi connectivity index (χ1v) is 9.28. The number of aryl methyl sites for hydroxylation is 1. The SMILES string of the molecule is COc1cc(C(=O)N2CCC(=Cc3cccc(C)n3)CC2)cc(OC)c1OC. The van der Waals surface area contributed by atoms with Gasteiger partial charge in [0.25, 0.3) is 5.91 Å². The van der Waals surface area contributed by atoms with Gasteiger partial charge in [-0.15, -0.1) is 0 Å². The highest BCUT2D eigenvalue weighted by molar-refractivity contribution is 5.95. The summed E-state index contributed by atoms with van der Waals surface area (Å²) in [6.07, 6.45) is 3.81. The molecule has 1 aromatic carbocycles. The first-order valence-electron chi connectivity index (χ1n) is 9.28. The van der Waals surface area contributed by atoms with Gasteiger partial charge in [-0.05, 0) is 50.1 Å². The Morgan fingerprint density at radius 1 is 1.04 bits per heavy atom. The molecular weight excluding hydrogens is 356 g/mol. The Balaban J connectivity index is 1.73. The van der Waals surface area contributed by atoms with E-state index in [1.807, 2.05) is 30.0 Å². The monoisotopic (exact) mass is 382 g/mol. The second kappa shape index (κ2) is 8.78. The van der Waals surface area contributed by atoms with Crippen LogP contribution in [0.15, 0.2) is 35.9 Å². The normalized spacial score (nSPS) is 13.9. The molecule has 2 aromatic rings. The van der Waals surface area contributed by atoms with Crippen molar-refractivity contribution in [3.63, 3.8) is 0 Å². The molecule has 148 valence electrons. The molecule has 0 aliphatic carbocycles. The minimum Gasteiger partial charge on any atom is -0.493 e. The second-order valence-corrected chi connectivity index (χ2v) is 6.71. The van der Waals surface area contributed by atoms with Gasteiger partial charge < -0.3 is 19.1 Å². The summed E-state index contributed by atoms with van der Waals surface area (Å²) < 4.78 is 16.0. The zero-order valence-corrected chi connectivity index (χ0v) is 16.8. The molecule has 0 atom stereocenters. The van der Waals surface area contributed by atoms with Gasteiger partial charge in [0.05, 0.1) is 27.0 Å². The van der Waals surface area contributed by atoms with Crippen molar-refractivity contribution >= 4 is 12.0 Å². The fourth-order valence-corrected chi connectivity index (χ4v) is 3.38. The number of pyridine rings is 1. The maximum atomic E-state index is 13.0. The minimum atomic E-state index is -0.0352. The van der Waals surface area contributed by atoms with Crippen molar-refractivity contribution in [1.29, 1.82) is 0 Å². The number of hydrogen-bond acceptors (Lipinski definition) is 5. The average Bonchev–Trinajstić information content (AvgIpc) is 2.72. The maximum Gasteiger partial charge on any atom is 0.254 e. The lowest BCUT2D eigenvalue weighted by Gasteiger charge is -2.29. The van der Waals surface area contributed by atoms with Crippen molar-refractivity contribution in [2.24, 2.45) is 0 Å². The zero-order chi connectivity index (χ0) is 20.1. The van der Waals surface area contributed by atoms with E-state index >= 15 is 0 Å². The van der Waals surface area contributed by atoms with Crippen LogP contribution in [0, 0.1) is 6.92 Å². The number of rotatable bonds is 5. The molecule has 1 aromatic heterocycles. The Morgan fingerprint density at radius 3 is 2.21 bits per heavy atom. The molecule has 0 N–H and O–H groups in total. The van der Waals surface area contributed by atoms with E-state index in [2.05, 4.69) is 11.1 Å². The number of nitrogens with zero attached hydrogens (tertiary/aromatic N) is 2. The number of hydrogen-bond donors (Lipinski definition) is 0. The Hall–Kier alpha value is -3.02. The smallest absolute Gasteiger partial charge is 0.254 e. The van der Waals surface area contributed by atoms with E-state index in [1.54, 1.807) is 33.5 Å². The highest BCUT2D eigenvalue weighted by atomic mass is 16.5. The number of likely N-dealkylation sites (tertiary alicyclic amines) is 1. The van der Waals surface area contributed by atoms with E-state index in [1.165, 1.54) is 5.57 Å². The summed E-state index contributed by atoms with van der Waals surface area (Å²) in [4.78, 5) is 19.4. The number of ether oxygens (including phenoxy) is 3. The molecule has 1 saturated heterocycles. The molecule has 28 heavy (non-hydrogen) atoms. The quantitative estimate of drug-likeness (QED) is 0.788. The van der Waals surface area contributed by atoms with Gasteiger partial charge in [-0.25, -0.2) is 0 Å². The first-order chi connectivity index (χ1) is 13.5. The van der Waals surface area contributed by atoms with Crippen molar-refractivity contribution in [3.8, 4) is 17.2 Å². The van der Waals surface area contributed by atoms with Gasteiger partial charge in [0.2, 0.25) is 5.75 Å². The van der Waals surface area contributed by atoms with Crippen LogP contribution in [0.5, 0.6) is 17.2 Å². The third kappa shape index (κ3) is 4.27. The topological polar surface area (TPSA) is 60.9 Å². The number of methoxy groups -OCH3 is 3. The van der Waals surface area contributed by atoms with Gasteiger partial charge in [-0.1, -0.05) is 11.6 Å². The van der Waals surface area contributed by atoms with E-state index in [-0.39, 0.29) is 5.91 Å². The first kappa shape index (κ1) is 19.7. The number of aromatic nitrogens is 1. The van der Waals surface area contributed by atoms with Gasteiger partial charge in [0, 0.05) is 24.3 Å². The van der Waals surface area contributed by atoms with Crippen LogP contribution in [0.2, 0.25) is 0 Å². The Kier molecular flexibility index (Phi) is 6.19. The number of benzene rings is 1. The average molecular weight is 382 g/mol. The fourth-order valence-electron chi connectivity index (χ4n) is 3.38. The molecule has 0 radical (unpaired) electrons. The molecule has 3 rings (SSSR count). The summed E-state index contributed by atoms with van der Waals surface area (Å²) in [6, 6.07) is 9.41. The molecule has 1 amide bonds. The molecule has 1 fully saturated rings. The Morgan fingerprint density at radius 2 is 1.68 bits per heavy atom. The molecule has 0 spiro atoms. The molecule has 6 heteroatoms. The summed E-state index contributed by atoms with van der Waals surface area (Å²) in [6.45, 7) is 3.33. The van der Waals surface area contributed by atoms with Crippen LogP contribution in [0.4, 0.5) is 0 Å². The van der Waals surface area contributed by atoms with Crippen LogP contribution >= 0.6 is 0 Å². The number of carbonyl (C=O) groups excluding carboxylic acids is 1. The van der Waals surface area contributed by atoms with E-state index < -0.39 is 0 Å². The summed E-state index contributed by atoms with van der Waals surface area (Å²) in [7, 11) is 4.63. The van der Waals surface area contributed by atoms with Crippen molar-refractivity contribution in [2.75, 3.05) is 34.4 Å². The highest BCUT2D eigenvalue weighted by Gasteiger charge is 2.23. The van der Waals surface area contributed by atoms with Crippen LogP contribution in [-0.2, 0) is 0 Å². The number of carbonyl (C=O) groups is 1. The van der Waals surface area contributed by atoms with E-state index in [4.69, 9.17) is 14.2 Å². The molecule has 0 saturated carbocycles. The predicted octanol–water partition coefficient (Wildman–Crippen LogP) is 3.74. The number of piperidine rings is 1. The van der Waals surface area contributed by atoms with Gasteiger partial charge in [0.1, 0.15) is 0 Å². The summed E-state index contributed by atoms with van der Waals surface area (Å²) in [5.41, 5.74) is 3.82. The summed E-state index contributed by atoms with van der Waals surface area (Å²) >= 11 is 0. The van der Waals surface area contributed by atoms with Crippen molar-refractivity contribution in [2.45, 2.75) is 19.8 Å². The van der Waals surface area contributed by atoms with Crippen molar-refractivity contribution in [1.82, 2.24) is 9.88 Å². The van der Waals surface area contributed by atoms with Crippen LogP contribution in [0.3, 0.4) is 0 Å². The van der Waals surface area contributed by atoms with Gasteiger partial charge in [-0.3, -0.25) is 9.78 Å². The van der Waals surface area contributed by atoms with Crippen LogP contribution in [0.25, 0.3) is 6.08 Å². The summed E-state index contributed by atoms with van der Waals surface area (Å²) in [5.74, 6) is 1.41. The largest absolute Gasteiger partial charge is 0.493 e. The zero-order valence-electron chi connectivity index (χ0n) is 16.8. The van der Waals surface area contributed by atoms with E-state index in [9.17, 15) is 4.79 Å². The van der Waals surface area contributed by atoms with Gasteiger partial charge in [-0.2, -0.15) is 0 Å². The standard InChI is InChI=1S/C22H26N2O4/c1-15-6-5-7-18(23-15)12-16-8-10-24(11-9-16)22(25)17-13-19(26-2)21(28-4)20(14-17)27-3/h5-7,12-14H,8-11H2,1-4H3. The second-order valence-electron chi connectivity index (χ2n) is 6.71. The molecule has 6 nitrogen and oxygen atoms in total. The van der Waals surface area contributed by atoms with Gasteiger partial charge in [0.15, 0.2) is 11.5 Å². The number of amides is 1. The van der Waals surface area contributed by atoms with E-state index in [0.29, 0.717) is 35.9 Å². The lowest BCUT2D eigenvalue weighted by Crippen LogP contribution is -2.36. The Labute approximate surface area is 165 Å². The van der Waals surface area contributed by atoms with Crippen LogP contribution in [0.1, 0.15) is 34.6 Å². The van der Waals surface area contributed by atoms with Crippen molar-refractivity contribution < 1.29 is 19.0 Å². The summed E-state index contributed by atoms with van der Waals surface area (Å²) in [5, 5.41) is 0. The third-order valence-corrected chi connectivity index (χ3v) is 4.87. The molecular formula is C22H26N2O4. The van der Waals surface area contributed by atoms with Gasteiger partial charge >= 0.3 is 0 Å². The lowest BCUT2D eigenvalue weighted by atomic mass is 10.0. The maximum absolute atomic E-state index is 13.0. The fraction of sp³-hybridized carbons (Fsp3) is 0.364. The minimum absolute atomic E-state index is 0.0352. The lowest BCUT2D eigenvalue weighted by molar-refractivity contribution is 0.0743. The predicted molar refractivity (Wildman–Crippen MR) is 108 cm³/mol. The third-order valence-electron chi connectivity index (χ3n) is 4.87.